The van der Waals surface area contributed by atoms with Gasteiger partial charge in [0, 0.05) is 16.5 Å². The van der Waals surface area contributed by atoms with E-state index in [0.29, 0.717) is 11.3 Å². The van der Waals surface area contributed by atoms with Crippen LogP contribution < -0.4 is 4.74 Å². The van der Waals surface area contributed by atoms with E-state index in [2.05, 4.69) is 4.98 Å². The molecule has 0 aliphatic heterocycles. The van der Waals surface area contributed by atoms with Crippen LogP contribution in [0.3, 0.4) is 0 Å². The Labute approximate surface area is 120 Å². The van der Waals surface area contributed by atoms with E-state index in [0.717, 1.165) is 16.3 Å². The zero-order valence-corrected chi connectivity index (χ0v) is 11.7. The van der Waals surface area contributed by atoms with Gasteiger partial charge < -0.3 is 4.74 Å². The van der Waals surface area contributed by atoms with Crippen LogP contribution in [0, 0.1) is 5.82 Å². The third-order valence-corrected chi connectivity index (χ3v) is 3.88. The quantitative estimate of drug-likeness (QED) is 0.700. The molecule has 0 bridgehead atoms. The number of ether oxygens (including phenoxy) is 1. The van der Waals surface area contributed by atoms with E-state index in [1.165, 1.54) is 17.4 Å². The third kappa shape index (κ3) is 2.42. The minimum absolute atomic E-state index is 0.251. The summed E-state index contributed by atoms with van der Waals surface area (Å²) in [5.41, 5.74) is 2.20. The zero-order chi connectivity index (χ0) is 13.9. The Kier molecular flexibility index (Phi) is 3.48. The molecule has 0 radical (unpaired) electrons. The van der Waals surface area contributed by atoms with Crippen molar-refractivity contribution in [1.29, 1.82) is 0 Å². The number of thiazole rings is 1. The number of aromatic nitrogens is 1. The number of benzene rings is 2. The van der Waals surface area contributed by atoms with Crippen molar-refractivity contribution in [2.24, 2.45) is 0 Å². The number of methoxy groups -OCH3 is 1. The van der Waals surface area contributed by atoms with Gasteiger partial charge in [0.1, 0.15) is 16.6 Å². The molecule has 0 atom stereocenters. The van der Waals surface area contributed by atoms with Crippen LogP contribution in [0.1, 0.15) is 0 Å². The Morgan fingerprint density at radius 3 is 2.50 bits per heavy atom. The van der Waals surface area contributed by atoms with Gasteiger partial charge in [-0.2, -0.15) is 0 Å². The number of hydrogen-bond acceptors (Lipinski definition) is 3. The molecule has 3 aromatic rings. The molecule has 0 aliphatic rings. The number of rotatable bonds is 3. The van der Waals surface area contributed by atoms with Crippen molar-refractivity contribution >= 4 is 11.3 Å². The van der Waals surface area contributed by atoms with Crippen LogP contribution in [0.15, 0.2) is 53.9 Å². The van der Waals surface area contributed by atoms with Gasteiger partial charge in [-0.1, -0.05) is 12.1 Å². The van der Waals surface area contributed by atoms with Crippen molar-refractivity contribution in [2.75, 3.05) is 7.11 Å². The molecule has 100 valence electrons. The molecule has 0 aliphatic carbocycles. The molecule has 2 aromatic carbocycles. The van der Waals surface area contributed by atoms with Crippen LogP contribution in [-0.2, 0) is 0 Å². The first-order valence-corrected chi connectivity index (χ1v) is 7.01. The lowest BCUT2D eigenvalue weighted by Gasteiger charge is -2.00. The van der Waals surface area contributed by atoms with Gasteiger partial charge >= 0.3 is 0 Å². The van der Waals surface area contributed by atoms with Gasteiger partial charge in [-0.3, -0.25) is 0 Å². The standard InChI is InChI=1S/C16H12FNOS/c1-19-12-8-6-11(7-9-12)16-18-15(10-20-16)13-4-2-3-5-14(13)17/h2-10H,1H3. The number of hydrogen-bond donors (Lipinski definition) is 0. The smallest absolute Gasteiger partial charge is 0.132 e. The predicted octanol–water partition coefficient (Wildman–Crippen LogP) is 4.62. The summed E-state index contributed by atoms with van der Waals surface area (Å²) in [7, 11) is 1.63. The highest BCUT2D eigenvalue weighted by molar-refractivity contribution is 7.13. The normalized spacial score (nSPS) is 10.5. The van der Waals surface area contributed by atoms with Crippen LogP contribution in [0.4, 0.5) is 4.39 Å². The third-order valence-electron chi connectivity index (χ3n) is 2.99. The summed E-state index contributed by atoms with van der Waals surface area (Å²) in [5, 5.41) is 2.74. The van der Waals surface area contributed by atoms with Gasteiger partial charge in [0.2, 0.25) is 0 Å². The molecule has 0 amide bonds. The Hall–Kier alpha value is -2.20. The fourth-order valence-electron chi connectivity index (χ4n) is 1.93. The Morgan fingerprint density at radius 1 is 1.05 bits per heavy atom. The highest BCUT2D eigenvalue weighted by Gasteiger charge is 2.09. The highest BCUT2D eigenvalue weighted by atomic mass is 32.1. The van der Waals surface area contributed by atoms with Gasteiger partial charge in [0.05, 0.1) is 12.8 Å². The Morgan fingerprint density at radius 2 is 1.80 bits per heavy atom. The second-order valence-electron chi connectivity index (χ2n) is 4.25. The minimum atomic E-state index is -0.251. The lowest BCUT2D eigenvalue weighted by molar-refractivity contribution is 0.415. The van der Waals surface area contributed by atoms with E-state index in [1.54, 1.807) is 19.2 Å². The van der Waals surface area contributed by atoms with Crippen LogP contribution in [0.5, 0.6) is 5.75 Å². The van der Waals surface area contributed by atoms with Crippen molar-refractivity contribution in [1.82, 2.24) is 4.98 Å². The lowest BCUT2D eigenvalue weighted by atomic mass is 10.1. The fraction of sp³-hybridized carbons (Fsp3) is 0.0625. The summed E-state index contributed by atoms with van der Waals surface area (Å²) in [4.78, 5) is 4.50. The summed E-state index contributed by atoms with van der Waals surface area (Å²) in [5.74, 6) is 0.554. The van der Waals surface area contributed by atoms with Crippen LogP contribution in [-0.4, -0.2) is 12.1 Å². The average Bonchev–Trinajstić information content (AvgIpc) is 2.97. The molecule has 1 aromatic heterocycles. The van der Waals surface area contributed by atoms with Gasteiger partial charge in [-0.15, -0.1) is 11.3 Å². The SMILES string of the molecule is COc1ccc(-c2nc(-c3ccccc3F)cs2)cc1. The first-order valence-electron chi connectivity index (χ1n) is 6.13. The summed E-state index contributed by atoms with van der Waals surface area (Å²) in [6.07, 6.45) is 0. The van der Waals surface area contributed by atoms with Crippen molar-refractivity contribution < 1.29 is 9.13 Å². The van der Waals surface area contributed by atoms with E-state index >= 15 is 0 Å². The summed E-state index contributed by atoms with van der Waals surface area (Å²) >= 11 is 1.50. The van der Waals surface area contributed by atoms with Gasteiger partial charge in [0.15, 0.2) is 0 Å². The summed E-state index contributed by atoms with van der Waals surface area (Å²) in [6.45, 7) is 0. The predicted molar refractivity (Wildman–Crippen MR) is 79.5 cm³/mol. The lowest BCUT2D eigenvalue weighted by Crippen LogP contribution is -1.84. The van der Waals surface area contributed by atoms with E-state index in [4.69, 9.17) is 4.74 Å². The van der Waals surface area contributed by atoms with Crippen LogP contribution in [0.25, 0.3) is 21.8 Å². The van der Waals surface area contributed by atoms with E-state index in [9.17, 15) is 4.39 Å². The zero-order valence-electron chi connectivity index (χ0n) is 10.8. The number of halogens is 1. The first kappa shape index (κ1) is 12.8. The molecule has 0 spiro atoms. The van der Waals surface area contributed by atoms with Gasteiger partial charge in [0.25, 0.3) is 0 Å². The molecule has 4 heteroatoms. The molecular formula is C16H12FNOS. The first-order chi connectivity index (χ1) is 9.78. The van der Waals surface area contributed by atoms with Gasteiger partial charge in [-0.25, -0.2) is 9.37 Å². The second kappa shape index (κ2) is 5.43. The fourth-order valence-corrected chi connectivity index (χ4v) is 2.76. The molecule has 1 heterocycles. The molecule has 0 saturated carbocycles. The maximum Gasteiger partial charge on any atom is 0.132 e. The largest absolute Gasteiger partial charge is 0.497 e. The molecular weight excluding hydrogens is 273 g/mol. The maximum atomic E-state index is 13.7. The van der Waals surface area contributed by atoms with Crippen molar-refractivity contribution in [3.05, 3.63) is 59.7 Å². The van der Waals surface area contributed by atoms with E-state index in [1.807, 2.05) is 35.7 Å². The molecule has 20 heavy (non-hydrogen) atoms. The average molecular weight is 285 g/mol. The second-order valence-corrected chi connectivity index (χ2v) is 5.10. The summed E-state index contributed by atoms with van der Waals surface area (Å²) < 4.78 is 18.9. The maximum absolute atomic E-state index is 13.7. The van der Waals surface area contributed by atoms with E-state index < -0.39 is 0 Å². The molecule has 0 unspecified atom stereocenters. The van der Waals surface area contributed by atoms with Crippen molar-refractivity contribution in [2.45, 2.75) is 0 Å². The van der Waals surface area contributed by atoms with Crippen LogP contribution in [0.2, 0.25) is 0 Å². The molecule has 2 nitrogen and oxygen atoms in total. The van der Waals surface area contributed by atoms with E-state index in [-0.39, 0.29) is 5.82 Å². The molecule has 3 rings (SSSR count). The van der Waals surface area contributed by atoms with Crippen LogP contribution >= 0.6 is 11.3 Å². The topological polar surface area (TPSA) is 22.1 Å². The minimum Gasteiger partial charge on any atom is -0.497 e. The van der Waals surface area contributed by atoms with Crippen molar-refractivity contribution in [3.63, 3.8) is 0 Å². The Balaban J connectivity index is 1.95. The highest BCUT2D eigenvalue weighted by Crippen LogP contribution is 2.30. The van der Waals surface area contributed by atoms with Crippen molar-refractivity contribution in [3.8, 4) is 27.6 Å². The molecule has 0 saturated heterocycles. The Bertz CT molecular complexity index is 721. The van der Waals surface area contributed by atoms with Gasteiger partial charge in [-0.05, 0) is 36.4 Å². The molecule has 0 N–H and O–H groups in total. The molecule has 0 fully saturated rings. The summed E-state index contributed by atoms with van der Waals surface area (Å²) in [6, 6.07) is 14.3. The monoisotopic (exact) mass is 285 g/mol. The number of nitrogens with zero attached hydrogens (tertiary/aromatic N) is 1.